The summed E-state index contributed by atoms with van der Waals surface area (Å²) in [5.74, 6) is -2.23. The van der Waals surface area contributed by atoms with E-state index in [2.05, 4.69) is 20.7 Å². The molecule has 2 rings (SSSR count). The molecule has 7 heteroatoms. The molecule has 2 N–H and O–H groups in total. The Labute approximate surface area is 88.5 Å². The Morgan fingerprint density at radius 3 is 2.81 bits per heavy atom. The fourth-order valence-corrected chi connectivity index (χ4v) is 1.12. The van der Waals surface area contributed by atoms with Gasteiger partial charge in [0.25, 0.3) is 5.91 Å². The molecule has 1 heterocycles. The third-order valence-corrected chi connectivity index (χ3v) is 1.83. The minimum Gasteiger partial charge on any atom is -0.304 e. The number of nitrogens with zero attached hydrogens (tertiary/aromatic N) is 2. The van der Waals surface area contributed by atoms with Gasteiger partial charge in [-0.15, -0.1) is 5.10 Å². The van der Waals surface area contributed by atoms with Gasteiger partial charge in [-0.3, -0.25) is 4.79 Å². The van der Waals surface area contributed by atoms with Crippen molar-refractivity contribution >= 4 is 11.7 Å². The average molecular weight is 224 g/mol. The molecule has 5 nitrogen and oxygen atoms in total. The molecule has 0 atom stereocenters. The second-order valence-electron chi connectivity index (χ2n) is 2.93. The van der Waals surface area contributed by atoms with Crippen molar-refractivity contribution in [2.24, 2.45) is 0 Å². The number of anilines is 1. The van der Waals surface area contributed by atoms with Gasteiger partial charge in [-0.05, 0) is 12.1 Å². The molecule has 16 heavy (non-hydrogen) atoms. The van der Waals surface area contributed by atoms with E-state index in [1.807, 2.05) is 0 Å². The predicted molar refractivity (Wildman–Crippen MR) is 50.7 cm³/mol. The zero-order valence-corrected chi connectivity index (χ0v) is 7.87. The molecular formula is C9H6F2N4O. The van der Waals surface area contributed by atoms with Gasteiger partial charge in [0.2, 0.25) is 0 Å². The first-order valence-electron chi connectivity index (χ1n) is 4.29. The number of H-pyrrole nitrogens is 1. The Balaban J connectivity index is 2.21. The van der Waals surface area contributed by atoms with Gasteiger partial charge in [0, 0.05) is 6.07 Å². The van der Waals surface area contributed by atoms with E-state index in [1.54, 1.807) is 0 Å². The van der Waals surface area contributed by atoms with Crippen molar-refractivity contribution in [1.82, 2.24) is 15.4 Å². The van der Waals surface area contributed by atoms with Gasteiger partial charge in [-0.25, -0.2) is 8.78 Å². The summed E-state index contributed by atoms with van der Waals surface area (Å²) in [7, 11) is 0. The van der Waals surface area contributed by atoms with E-state index in [4.69, 9.17) is 0 Å². The largest absolute Gasteiger partial charge is 0.304 e. The van der Waals surface area contributed by atoms with Gasteiger partial charge in [0.15, 0.2) is 5.82 Å². The van der Waals surface area contributed by atoms with Gasteiger partial charge in [-0.1, -0.05) is 0 Å². The van der Waals surface area contributed by atoms with Crippen molar-refractivity contribution in [1.29, 1.82) is 0 Å². The summed E-state index contributed by atoms with van der Waals surface area (Å²) >= 11 is 0. The van der Waals surface area contributed by atoms with Crippen molar-refractivity contribution < 1.29 is 13.6 Å². The molecule has 0 bridgehead atoms. The number of hydrogen-bond acceptors (Lipinski definition) is 3. The molecule has 0 saturated heterocycles. The highest BCUT2D eigenvalue weighted by molar-refractivity contribution is 6.03. The first-order valence-corrected chi connectivity index (χ1v) is 4.29. The van der Waals surface area contributed by atoms with Crippen LogP contribution in [0.2, 0.25) is 0 Å². The summed E-state index contributed by atoms with van der Waals surface area (Å²) in [6.45, 7) is 0. The first-order chi connectivity index (χ1) is 7.66. The van der Waals surface area contributed by atoms with E-state index < -0.39 is 17.5 Å². The Morgan fingerprint density at radius 2 is 2.19 bits per heavy atom. The quantitative estimate of drug-likeness (QED) is 0.808. The first kappa shape index (κ1) is 10.2. The van der Waals surface area contributed by atoms with Crippen molar-refractivity contribution in [3.8, 4) is 0 Å². The molecule has 0 saturated carbocycles. The lowest BCUT2D eigenvalue weighted by molar-refractivity contribution is 0.102. The lowest BCUT2D eigenvalue weighted by atomic mass is 10.2. The number of carbonyl (C=O) groups is 1. The van der Waals surface area contributed by atoms with Crippen LogP contribution in [0.4, 0.5) is 14.6 Å². The molecule has 0 aliphatic carbocycles. The SMILES string of the molecule is O=C(Nc1cn[nH]n1)c1ccc(F)cc1F. The van der Waals surface area contributed by atoms with Crippen LogP contribution in [0.15, 0.2) is 24.4 Å². The topological polar surface area (TPSA) is 70.7 Å². The number of carbonyl (C=O) groups excluding carboxylic acids is 1. The molecule has 0 aliphatic heterocycles. The Kier molecular flexibility index (Phi) is 2.59. The van der Waals surface area contributed by atoms with Gasteiger partial charge >= 0.3 is 0 Å². The van der Waals surface area contributed by atoms with Gasteiger partial charge in [0.1, 0.15) is 11.6 Å². The molecule has 1 aromatic heterocycles. The minimum absolute atomic E-state index is 0.161. The molecule has 0 spiro atoms. The van der Waals surface area contributed by atoms with Crippen molar-refractivity contribution in [3.05, 3.63) is 41.6 Å². The maximum Gasteiger partial charge on any atom is 0.259 e. The molecule has 0 aliphatic rings. The standard InChI is InChI=1S/C9H6F2N4O/c10-5-1-2-6(7(11)3-5)9(16)13-8-4-12-15-14-8/h1-4H,(H2,12,13,14,15,16). The fourth-order valence-electron chi connectivity index (χ4n) is 1.12. The minimum atomic E-state index is -0.930. The number of halogens is 2. The zero-order chi connectivity index (χ0) is 11.5. The summed E-state index contributed by atoms with van der Waals surface area (Å²) in [6, 6.07) is 2.69. The molecule has 1 amide bonds. The van der Waals surface area contributed by atoms with E-state index in [0.717, 1.165) is 12.1 Å². The van der Waals surface area contributed by atoms with E-state index in [9.17, 15) is 13.6 Å². The maximum absolute atomic E-state index is 13.2. The average Bonchev–Trinajstić information content (AvgIpc) is 2.70. The zero-order valence-electron chi connectivity index (χ0n) is 7.87. The van der Waals surface area contributed by atoms with E-state index in [1.165, 1.54) is 6.20 Å². The van der Waals surface area contributed by atoms with Crippen LogP contribution in [-0.2, 0) is 0 Å². The third-order valence-electron chi connectivity index (χ3n) is 1.83. The van der Waals surface area contributed by atoms with Crippen LogP contribution in [0.5, 0.6) is 0 Å². The van der Waals surface area contributed by atoms with Crippen LogP contribution in [-0.4, -0.2) is 21.3 Å². The van der Waals surface area contributed by atoms with Gasteiger partial charge in [0.05, 0.1) is 11.8 Å². The van der Waals surface area contributed by atoms with Crippen LogP contribution >= 0.6 is 0 Å². The smallest absolute Gasteiger partial charge is 0.259 e. The Bertz CT molecular complexity index is 512. The molecule has 0 radical (unpaired) electrons. The third kappa shape index (κ3) is 2.02. The Morgan fingerprint density at radius 1 is 1.38 bits per heavy atom. The number of aromatic nitrogens is 3. The number of rotatable bonds is 2. The summed E-state index contributed by atoms with van der Waals surface area (Å²) in [4.78, 5) is 11.5. The Hall–Kier alpha value is -2.31. The number of nitrogens with one attached hydrogen (secondary N) is 2. The highest BCUT2D eigenvalue weighted by Crippen LogP contribution is 2.11. The second kappa shape index (κ2) is 4.05. The summed E-state index contributed by atoms with van der Waals surface area (Å²) in [5, 5.41) is 11.6. The summed E-state index contributed by atoms with van der Waals surface area (Å²) < 4.78 is 25.8. The number of hydrogen-bond donors (Lipinski definition) is 2. The molecule has 2 aromatic rings. The van der Waals surface area contributed by atoms with Crippen LogP contribution in [0.25, 0.3) is 0 Å². The van der Waals surface area contributed by atoms with Crippen molar-refractivity contribution in [2.75, 3.05) is 5.32 Å². The molecule has 1 aromatic carbocycles. The number of benzene rings is 1. The van der Waals surface area contributed by atoms with Crippen LogP contribution in [0, 0.1) is 11.6 Å². The van der Waals surface area contributed by atoms with E-state index in [-0.39, 0.29) is 11.4 Å². The van der Waals surface area contributed by atoms with Crippen molar-refractivity contribution in [2.45, 2.75) is 0 Å². The van der Waals surface area contributed by atoms with Gasteiger partial charge in [-0.2, -0.15) is 10.3 Å². The highest BCUT2D eigenvalue weighted by Gasteiger charge is 2.13. The van der Waals surface area contributed by atoms with Gasteiger partial charge < -0.3 is 5.32 Å². The normalized spacial score (nSPS) is 10.1. The summed E-state index contributed by atoms with van der Waals surface area (Å²) in [6.07, 6.45) is 1.26. The lowest BCUT2D eigenvalue weighted by Crippen LogP contribution is -2.14. The molecular weight excluding hydrogens is 218 g/mol. The fraction of sp³-hybridized carbons (Fsp3) is 0. The van der Waals surface area contributed by atoms with Crippen molar-refractivity contribution in [3.63, 3.8) is 0 Å². The van der Waals surface area contributed by atoms with Crippen LogP contribution in [0.3, 0.4) is 0 Å². The number of aromatic amines is 1. The number of amides is 1. The highest BCUT2D eigenvalue weighted by atomic mass is 19.1. The lowest BCUT2D eigenvalue weighted by Gasteiger charge is -2.02. The predicted octanol–water partition coefficient (Wildman–Crippen LogP) is 1.34. The monoisotopic (exact) mass is 224 g/mol. The second-order valence-corrected chi connectivity index (χ2v) is 2.93. The molecule has 0 unspecified atom stereocenters. The van der Waals surface area contributed by atoms with E-state index in [0.29, 0.717) is 6.07 Å². The van der Waals surface area contributed by atoms with Crippen LogP contribution < -0.4 is 5.32 Å². The molecule has 82 valence electrons. The van der Waals surface area contributed by atoms with E-state index >= 15 is 0 Å². The molecule has 0 fully saturated rings. The van der Waals surface area contributed by atoms with Crippen LogP contribution in [0.1, 0.15) is 10.4 Å². The summed E-state index contributed by atoms with van der Waals surface area (Å²) in [5.41, 5.74) is -0.260. The maximum atomic E-state index is 13.2.